The van der Waals surface area contributed by atoms with Gasteiger partial charge in [-0.25, -0.2) is 4.68 Å². The van der Waals surface area contributed by atoms with E-state index in [0.29, 0.717) is 16.9 Å². The molecule has 158 valence electrons. The third kappa shape index (κ3) is 2.97. The Balaban J connectivity index is 1.55. The Morgan fingerprint density at radius 2 is 2.03 bits per heavy atom. The molecule has 0 saturated carbocycles. The van der Waals surface area contributed by atoms with E-state index in [2.05, 4.69) is 32.1 Å². The average molecular weight is 432 g/mol. The third-order valence-electron chi connectivity index (χ3n) is 6.07. The van der Waals surface area contributed by atoms with Gasteiger partial charge in [0.15, 0.2) is 11.9 Å². The first-order chi connectivity index (χ1) is 14.5. The molecule has 2 aromatic heterocycles. The topological polar surface area (TPSA) is 117 Å². The van der Waals surface area contributed by atoms with Crippen molar-refractivity contribution in [2.75, 3.05) is 18.6 Å². The van der Waals surface area contributed by atoms with Crippen LogP contribution in [-0.2, 0) is 11.2 Å². The Morgan fingerprint density at radius 3 is 2.80 bits per heavy atom. The second-order valence-electron chi connectivity index (χ2n) is 7.74. The largest absolute Gasteiger partial charge is 0.394 e. The number of halogens is 1. The molecule has 1 aliphatic heterocycles. The SMILES string of the molecule is CN(c1nc(Cl)nc2c1cnn2[C@@H]1O[C@H](CO)[C@@H](O)[C@H]1O)[C@@H]1CCc2ccccc21. The summed E-state index contributed by atoms with van der Waals surface area (Å²) in [5.74, 6) is 0.629. The van der Waals surface area contributed by atoms with Crippen molar-refractivity contribution in [3.63, 3.8) is 0 Å². The summed E-state index contributed by atoms with van der Waals surface area (Å²) in [6.45, 7) is -0.418. The minimum Gasteiger partial charge on any atom is -0.394 e. The molecule has 5 atom stereocenters. The van der Waals surface area contributed by atoms with Crippen molar-refractivity contribution in [2.45, 2.75) is 43.4 Å². The molecule has 1 aliphatic carbocycles. The van der Waals surface area contributed by atoms with Crippen molar-refractivity contribution in [2.24, 2.45) is 0 Å². The Hall–Kier alpha value is -2.30. The fraction of sp³-hybridized carbons (Fsp3) is 0.450. The first kappa shape index (κ1) is 19.7. The van der Waals surface area contributed by atoms with E-state index in [0.717, 1.165) is 12.8 Å². The summed E-state index contributed by atoms with van der Waals surface area (Å²) in [7, 11) is 1.97. The van der Waals surface area contributed by atoms with Crippen LogP contribution >= 0.6 is 11.6 Å². The van der Waals surface area contributed by atoms with Gasteiger partial charge in [0.2, 0.25) is 5.28 Å². The normalized spacial score (nSPS) is 28.2. The molecule has 0 radical (unpaired) electrons. The molecular weight excluding hydrogens is 410 g/mol. The van der Waals surface area contributed by atoms with E-state index in [9.17, 15) is 15.3 Å². The van der Waals surface area contributed by atoms with Crippen LogP contribution in [0, 0.1) is 0 Å². The van der Waals surface area contributed by atoms with E-state index in [1.165, 1.54) is 15.8 Å². The lowest BCUT2D eigenvalue weighted by molar-refractivity contribution is -0.0566. The fourth-order valence-electron chi connectivity index (χ4n) is 4.51. The molecule has 3 aromatic rings. The van der Waals surface area contributed by atoms with Gasteiger partial charge in [-0.3, -0.25) is 0 Å². The number of rotatable bonds is 4. The first-order valence-corrected chi connectivity index (χ1v) is 10.2. The Bertz CT molecular complexity index is 1090. The molecule has 5 rings (SSSR count). The van der Waals surface area contributed by atoms with Crippen molar-refractivity contribution in [3.8, 4) is 0 Å². The van der Waals surface area contributed by atoms with Crippen LogP contribution in [0.2, 0.25) is 5.28 Å². The highest BCUT2D eigenvalue weighted by Crippen LogP contribution is 2.39. The highest BCUT2D eigenvalue weighted by Gasteiger charge is 2.44. The van der Waals surface area contributed by atoms with E-state index < -0.39 is 31.1 Å². The van der Waals surface area contributed by atoms with Crippen LogP contribution in [0.3, 0.4) is 0 Å². The number of fused-ring (bicyclic) bond motifs is 2. The average Bonchev–Trinajstić information content (AvgIpc) is 3.43. The van der Waals surface area contributed by atoms with Crippen LogP contribution in [-0.4, -0.2) is 67.0 Å². The third-order valence-corrected chi connectivity index (χ3v) is 6.24. The Labute approximate surface area is 177 Å². The molecule has 2 aliphatic rings. The molecule has 1 saturated heterocycles. The van der Waals surface area contributed by atoms with Gasteiger partial charge in [0.25, 0.3) is 0 Å². The number of aliphatic hydroxyl groups is 3. The second-order valence-corrected chi connectivity index (χ2v) is 8.07. The van der Waals surface area contributed by atoms with E-state index >= 15 is 0 Å². The van der Waals surface area contributed by atoms with Crippen LogP contribution in [0.5, 0.6) is 0 Å². The number of hydrogen-bond acceptors (Lipinski definition) is 8. The minimum atomic E-state index is -1.26. The molecule has 0 unspecified atom stereocenters. The zero-order chi connectivity index (χ0) is 21.0. The minimum absolute atomic E-state index is 0.0455. The predicted molar refractivity (Wildman–Crippen MR) is 109 cm³/mol. The highest BCUT2D eigenvalue weighted by atomic mass is 35.5. The van der Waals surface area contributed by atoms with Crippen LogP contribution in [0.15, 0.2) is 30.5 Å². The van der Waals surface area contributed by atoms with Crippen molar-refractivity contribution < 1.29 is 20.1 Å². The summed E-state index contributed by atoms with van der Waals surface area (Å²) in [6, 6.07) is 8.50. The maximum Gasteiger partial charge on any atom is 0.226 e. The van der Waals surface area contributed by atoms with Gasteiger partial charge in [-0.1, -0.05) is 24.3 Å². The van der Waals surface area contributed by atoms with Crippen molar-refractivity contribution in [3.05, 3.63) is 46.9 Å². The summed E-state index contributed by atoms with van der Waals surface area (Å²) in [5.41, 5.74) is 2.98. The van der Waals surface area contributed by atoms with Gasteiger partial charge in [-0.05, 0) is 35.6 Å². The maximum atomic E-state index is 10.4. The number of hydrogen-bond donors (Lipinski definition) is 3. The molecule has 0 bridgehead atoms. The van der Waals surface area contributed by atoms with E-state index in [4.69, 9.17) is 16.3 Å². The monoisotopic (exact) mass is 431 g/mol. The fourth-order valence-corrected chi connectivity index (χ4v) is 4.67. The molecule has 0 spiro atoms. The van der Waals surface area contributed by atoms with Crippen molar-refractivity contribution in [1.29, 1.82) is 0 Å². The van der Waals surface area contributed by atoms with Gasteiger partial charge in [0.05, 0.1) is 24.2 Å². The number of aryl methyl sites for hydroxylation is 1. The molecule has 9 nitrogen and oxygen atoms in total. The summed E-state index contributed by atoms with van der Waals surface area (Å²) >= 11 is 6.25. The van der Waals surface area contributed by atoms with Crippen LogP contribution < -0.4 is 4.90 Å². The molecule has 3 N–H and O–H groups in total. The molecule has 30 heavy (non-hydrogen) atoms. The molecule has 1 aromatic carbocycles. The number of benzene rings is 1. The molecule has 10 heteroatoms. The van der Waals surface area contributed by atoms with Gasteiger partial charge >= 0.3 is 0 Å². The lowest BCUT2D eigenvalue weighted by Gasteiger charge is -2.27. The number of ether oxygens (including phenoxy) is 1. The molecule has 1 fully saturated rings. The first-order valence-electron chi connectivity index (χ1n) is 9.83. The lowest BCUT2D eigenvalue weighted by Crippen LogP contribution is -2.33. The number of aromatic nitrogens is 4. The van der Waals surface area contributed by atoms with Gasteiger partial charge in [-0.15, -0.1) is 0 Å². The van der Waals surface area contributed by atoms with Crippen LogP contribution in [0.25, 0.3) is 11.0 Å². The zero-order valence-corrected chi connectivity index (χ0v) is 17.0. The van der Waals surface area contributed by atoms with E-state index in [1.54, 1.807) is 6.20 Å². The van der Waals surface area contributed by atoms with Gasteiger partial charge in [0, 0.05) is 7.05 Å². The van der Waals surface area contributed by atoms with Gasteiger partial charge in [0.1, 0.15) is 24.1 Å². The number of nitrogens with zero attached hydrogens (tertiary/aromatic N) is 5. The number of aliphatic hydroxyl groups excluding tert-OH is 3. The van der Waals surface area contributed by atoms with Gasteiger partial charge in [-0.2, -0.15) is 15.1 Å². The maximum absolute atomic E-state index is 10.4. The summed E-state index contributed by atoms with van der Waals surface area (Å²) in [4.78, 5) is 10.8. The standard InChI is InChI=1S/C20H22ClN5O4/c1-25(13-7-6-10-4-2-3-5-11(10)13)17-12-8-22-26(18(12)24-20(21)23-17)19-16(29)15(28)14(9-27)30-19/h2-5,8,13-16,19,27-29H,6-7,9H2,1H3/t13-,14-,15-,16-,19-/m1/s1. The smallest absolute Gasteiger partial charge is 0.226 e. The zero-order valence-electron chi connectivity index (χ0n) is 16.3. The second kappa shape index (κ2) is 7.44. The highest BCUT2D eigenvalue weighted by molar-refractivity contribution is 6.28. The summed E-state index contributed by atoms with van der Waals surface area (Å²) in [6.07, 6.45) is -0.829. The molecule has 3 heterocycles. The Kier molecular flexibility index (Phi) is 4.87. The van der Waals surface area contributed by atoms with E-state index in [1.807, 2.05) is 19.2 Å². The lowest BCUT2D eigenvalue weighted by atomic mass is 10.1. The van der Waals surface area contributed by atoms with Gasteiger partial charge < -0.3 is 25.0 Å². The van der Waals surface area contributed by atoms with Crippen LogP contribution in [0.1, 0.15) is 29.8 Å². The summed E-state index contributed by atoms with van der Waals surface area (Å²) in [5, 5.41) is 34.9. The molecular formula is C20H22ClN5O4. The van der Waals surface area contributed by atoms with Crippen molar-refractivity contribution in [1.82, 2.24) is 19.7 Å². The quantitative estimate of drug-likeness (QED) is 0.528. The van der Waals surface area contributed by atoms with Crippen molar-refractivity contribution >= 4 is 28.5 Å². The Morgan fingerprint density at radius 1 is 1.23 bits per heavy atom. The number of anilines is 1. The molecule has 0 amide bonds. The predicted octanol–water partition coefficient (Wildman–Crippen LogP) is 1.21. The van der Waals surface area contributed by atoms with E-state index in [-0.39, 0.29) is 11.3 Å². The summed E-state index contributed by atoms with van der Waals surface area (Å²) < 4.78 is 6.99. The van der Waals surface area contributed by atoms with Crippen LogP contribution in [0.4, 0.5) is 5.82 Å².